The molecule has 3 nitrogen and oxygen atoms in total. The summed E-state index contributed by atoms with van der Waals surface area (Å²) in [6.07, 6.45) is 3.14. The molecular formula is C16H15NO2. The van der Waals surface area contributed by atoms with Gasteiger partial charge < -0.3 is 10.1 Å². The molecule has 0 radical (unpaired) electrons. The Balaban J connectivity index is 1.95. The Morgan fingerprint density at radius 3 is 2.37 bits per heavy atom. The number of anilines is 1. The summed E-state index contributed by atoms with van der Waals surface area (Å²) in [6, 6.07) is 16.8. The van der Waals surface area contributed by atoms with E-state index in [1.165, 1.54) is 6.08 Å². The number of benzene rings is 2. The molecule has 0 spiro atoms. The van der Waals surface area contributed by atoms with Crippen LogP contribution in [0.1, 0.15) is 5.56 Å². The first-order valence-electron chi connectivity index (χ1n) is 6.01. The van der Waals surface area contributed by atoms with Crippen LogP contribution in [0.4, 0.5) is 5.69 Å². The third-order valence-corrected chi connectivity index (χ3v) is 2.57. The number of nitrogens with one attached hydrogen (secondary N) is 1. The number of hydrogen-bond acceptors (Lipinski definition) is 3. The second kappa shape index (κ2) is 6.40. The molecule has 0 bridgehead atoms. The maximum atomic E-state index is 11.6. The minimum absolute atomic E-state index is 0.388. The Hall–Kier alpha value is -2.55. The largest absolute Gasteiger partial charge is 0.423 e. The molecule has 0 saturated heterocycles. The standard InChI is InChI=1S/C16H15NO2/c1-17-14-8-10-15(11-9-14)19-16(18)12-7-13-5-3-2-4-6-13/h2-12,17H,1H3. The molecule has 0 aliphatic rings. The van der Waals surface area contributed by atoms with Crippen molar-refractivity contribution in [3.63, 3.8) is 0 Å². The van der Waals surface area contributed by atoms with E-state index < -0.39 is 0 Å². The van der Waals surface area contributed by atoms with Crippen molar-refractivity contribution in [1.29, 1.82) is 0 Å². The molecule has 0 atom stereocenters. The maximum absolute atomic E-state index is 11.6. The SMILES string of the molecule is CNc1ccc(OC(=O)C=Cc2ccccc2)cc1. The summed E-state index contributed by atoms with van der Waals surface area (Å²) in [4.78, 5) is 11.6. The van der Waals surface area contributed by atoms with E-state index in [-0.39, 0.29) is 5.97 Å². The highest BCUT2D eigenvalue weighted by Crippen LogP contribution is 2.15. The predicted octanol–water partition coefficient (Wildman–Crippen LogP) is 3.35. The van der Waals surface area contributed by atoms with Crippen LogP contribution in [-0.2, 0) is 4.79 Å². The molecule has 2 aromatic carbocycles. The van der Waals surface area contributed by atoms with Crippen molar-refractivity contribution >= 4 is 17.7 Å². The second-order valence-electron chi connectivity index (χ2n) is 3.94. The molecule has 96 valence electrons. The van der Waals surface area contributed by atoms with E-state index in [1.807, 2.05) is 49.5 Å². The van der Waals surface area contributed by atoms with Gasteiger partial charge in [0.2, 0.25) is 0 Å². The molecule has 1 N–H and O–H groups in total. The van der Waals surface area contributed by atoms with Crippen molar-refractivity contribution in [3.8, 4) is 5.75 Å². The van der Waals surface area contributed by atoms with Crippen molar-refractivity contribution in [2.45, 2.75) is 0 Å². The summed E-state index contributed by atoms with van der Waals surface area (Å²) in [5.41, 5.74) is 1.93. The van der Waals surface area contributed by atoms with Crippen LogP contribution in [0.2, 0.25) is 0 Å². The van der Waals surface area contributed by atoms with E-state index in [1.54, 1.807) is 18.2 Å². The summed E-state index contributed by atoms with van der Waals surface area (Å²) in [6.45, 7) is 0. The molecule has 19 heavy (non-hydrogen) atoms. The first-order valence-corrected chi connectivity index (χ1v) is 6.01. The lowest BCUT2D eigenvalue weighted by Gasteiger charge is -2.03. The maximum Gasteiger partial charge on any atom is 0.336 e. The Morgan fingerprint density at radius 1 is 1.05 bits per heavy atom. The molecule has 0 unspecified atom stereocenters. The Labute approximate surface area is 112 Å². The fourth-order valence-corrected chi connectivity index (χ4v) is 1.57. The van der Waals surface area contributed by atoms with Crippen molar-refractivity contribution in [3.05, 3.63) is 66.2 Å². The Morgan fingerprint density at radius 2 is 1.74 bits per heavy atom. The van der Waals surface area contributed by atoms with Crippen LogP contribution in [0, 0.1) is 0 Å². The molecule has 0 heterocycles. The van der Waals surface area contributed by atoms with E-state index in [2.05, 4.69) is 5.32 Å². The first-order chi connectivity index (χ1) is 9.28. The predicted molar refractivity (Wildman–Crippen MR) is 77.1 cm³/mol. The van der Waals surface area contributed by atoms with Gasteiger partial charge in [-0.15, -0.1) is 0 Å². The third-order valence-electron chi connectivity index (χ3n) is 2.57. The first kappa shape index (κ1) is 12.9. The van der Waals surface area contributed by atoms with Gasteiger partial charge in [0, 0.05) is 18.8 Å². The van der Waals surface area contributed by atoms with Crippen LogP contribution >= 0.6 is 0 Å². The normalized spacial score (nSPS) is 10.4. The average molecular weight is 253 g/mol. The zero-order chi connectivity index (χ0) is 13.5. The fourth-order valence-electron chi connectivity index (χ4n) is 1.57. The number of esters is 1. The summed E-state index contributed by atoms with van der Waals surface area (Å²) >= 11 is 0. The topological polar surface area (TPSA) is 38.3 Å². The summed E-state index contributed by atoms with van der Waals surface area (Å²) in [7, 11) is 1.84. The van der Waals surface area contributed by atoms with Crippen LogP contribution in [0.5, 0.6) is 5.75 Å². The monoisotopic (exact) mass is 253 g/mol. The van der Waals surface area contributed by atoms with E-state index in [4.69, 9.17) is 4.74 Å². The highest BCUT2D eigenvalue weighted by Gasteiger charge is 2.00. The van der Waals surface area contributed by atoms with Crippen molar-refractivity contribution in [1.82, 2.24) is 0 Å². The Kier molecular flexibility index (Phi) is 4.34. The average Bonchev–Trinajstić information content (AvgIpc) is 2.47. The summed E-state index contributed by atoms with van der Waals surface area (Å²) in [5, 5.41) is 3.00. The number of rotatable bonds is 4. The van der Waals surface area contributed by atoms with Crippen molar-refractivity contribution in [2.75, 3.05) is 12.4 Å². The molecule has 0 saturated carbocycles. The summed E-state index contributed by atoms with van der Waals surface area (Å²) < 4.78 is 5.18. The van der Waals surface area contributed by atoms with Crippen LogP contribution in [0.3, 0.4) is 0 Å². The highest BCUT2D eigenvalue weighted by atomic mass is 16.5. The van der Waals surface area contributed by atoms with Gasteiger partial charge in [0.05, 0.1) is 0 Å². The second-order valence-corrected chi connectivity index (χ2v) is 3.94. The minimum Gasteiger partial charge on any atom is -0.423 e. The molecule has 2 rings (SSSR count). The minimum atomic E-state index is -0.388. The zero-order valence-electron chi connectivity index (χ0n) is 10.7. The smallest absolute Gasteiger partial charge is 0.336 e. The lowest BCUT2D eigenvalue weighted by atomic mass is 10.2. The zero-order valence-corrected chi connectivity index (χ0v) is 10.7. The third kappa shape index (κ3) is 4.00. The van der Waals surface area contributed by atoms with Crippen molar-refractivity contribution in [2.24, 2.45) is 0 Å². The van der Waals surface area contributed by atoms with Gasteiger partial charge in [-0.25, -0.2) is 4.79 Å². The molecule has 0 aliphatic carbocycles. The Bertz CT molecular complexity index is 559. The lowest BCUT2D eigenvalue weighted by Crippen LogP contribution is -2.03. The van der Waals surface area contributed by atoms with E-state index in [9.17, 15) is 4.79 Å². The van der Waals surface area contributed by atoms with Crippen molar-refractivity contribution < 1.29 is 9.53 Å². The quantitative estimate of drug-likeness (QED) is 0.516. The number of carbonyl (C=O) groups is 1. The van der Waals surface area contributed by atoms with Gasteiger partial charge in [-0.2, -0.15) is 0 Å². The van der Waals surface area contributed by atoms with Crippen LogP contribution in [-0.4, -0.2) is 13.0 Å². The van der Waals surface area contributed by atoms with E-state index >= 15 is 0 Å². The number of hydrogen-bond donors (Lipinski definition) is 1. The molecule has 0 aliphatic heterocycles. The van der Waals surface area contributed by atoms with Gasteiger partial charge in [-0.05, 0) is 35.9 Å². The summed E-state index contributed by atoms with van der Waals surface area (Å²) in [5.74, 6) is 0.141. The van der Waals surface area contributed by atoms with Crippen LogP contribution in [0.25, 0.3) is 6.08 Å². The van der Waals surface area contributed by atoms with Gasteiger partial charge in [0.1, 0.15) is 5.75 Å². The number of carbonyl (C=O) groups excluding carboxylic acids is 1. The van der Waals surface area contributed by atoms with Gasteiger partial charge in [0.25, 0.3) is 0 Å². The van der Waals surface area contributed by atoms with E-state index in [0.717, 1.165) is 11.3 Å². The number of ether oxygens (including phenoxy) is 1. The van der Waals surface area contributed by atoms with Crippen LogP contribution < -0.4 is 10.1 Å². The molecular weight excluding hydrogens is 238 g/mol. The molecule has 0 aromatic heterocycles. The lowest BCUT2D eigenvalue weighted by molar-refractivity contribution is -0.128. The molecule has 0 fully saturated rings. The van der Waals surface area contributed by atoms with Gasteiger partial charge in [-0.3, -0.25) is 0 Å². The van der Waals surface area contributed by atoms with Crippen LogP contribution in [0.15, 0.2) is 60.7 Å². The molecule has 3 heteroatoms. The van der Waals surface area contributed by atoms with Gasteiger partial charge in [-0.1, -0.05) is 30.3 Å². The van der Waals surface area contributed by atoms with E-state index in [0.29, 0.717) is 5.75 Å². The fraction of sp³-hybridized carbons (Fsp3) is 0.0625. The van der Waals surface area contributed by atoms with Gasteiger partial charge >= 0.3 is 5.97 Å². The van der Waals surface area contributed by atoms with Gasteiger partial charge in [0.15, 0.2) is 0 Å². The molecule has 0 amide bonds. The highest BCUT2D eigenvalue weighted by molar-refractivity contribution is 5.88. The molecule has 2 aromatic rings.